The van der Waals surface area contributed by atoms with E-state index in [4.69, 9.17) is 28.3 Å². The Morgan fingerprint density at radius 2 is 2.06 bits per heavy atom. The fourth-order valence-electron chi connectivity index (χ4n) is 1.27. The van der Waals surface area contributed by atoms with E-state index in [1.165, 1.54) is 24.3 Å². The van der Waals surface area contributed by atoms with Gasteiger partial charge in [0.25, 0.3) is 5.91 Å². The largest absolute Gasteiger partial charge is 0.480 e. The lowest BCUT2D eigenvalue weighted by molar-refractivity contribution is -0.139. The molecule has 0 aliphatic carbocycles. The first-order valence-electron chi connectivity index (χ1n) is 5.05. The molecular formula is C12H11Cl2NO3. The summed E-state index contributed by atoms with van der Waals surface area (Å²) in [5.74, 6) is -1.65. The quantitative estimate of drug-likeness (QED) is 0.819. The topological polar surface area (TPSA) is 66.4 Å². The summed E-state index contributed by atoms with van der Waals surface area (Å²) in [4.78, 5) is 22.7. The minimum absolute atomic E-state index is 0.141. The SMILES string of the molecule is C=CCC(NC(=O)c1ccc(Cl)c(Cl)c1)C(=O)O. The van der Waals surface area contributed by atoms with Gasteiger partial charge in [-0.05, 0) is 24.6 Å². The highest BCUT2D eigenvalue weighted by Gasteiger charge is 2.19. The minimum Gasteiger partial charge on any atom is -0.480 e. The molecule has 1 atom stereocenters. The number of amides is 1. The molecule has 1 aromatic carbocycles. The molecule has 0 aromatic heterocycles. The van der Waals surface area contributed by atoms with Gasteiger partial charge in [0.1, 0.15) is 6.04 Å². The van der Waals surface area contributed by atoms with Crippen LogP contribution < -0.4 is 5.32 Å². The van der Waals surface area contributed by atoms with Gasteiger partial charge in [-0.25, -0.2) is 4.79 Å². The Hall–Kier alpha value is -1.52. The zero-order chi connectivity index (χ0) is 13.7. The second kappa shape index (κ2) is 6.42. The van der Waals surface area contributed by atoms with Crippen LogP contribution in [0, 0.1) is 0 Å². The van der Waals surface area contributed by atoms with Crippen molar-refractivity contribution >= 4 is 35.1 Å². The van der Waals surface area contributed by atoms with Gasteiger partial charge >= 0.3 is 5.97 Å². The van der Waals surface area contributed by atoms with Gasteiger partial charge < -0.3 is 10.4 Å². The van der Waals surface area contributed by atoms with Crippen molar-refractivity contribution in [2.24, 2.45) is 0 Å². The third kappa shape index (κ3) is 3.75. The van der Waals surface area contributed by atoms with Gasteiger partial charge in [0.05, 0.1) is 10.0 Å². The van der Waals surface area contributed by atoms with Crippen LogP contribution in [0.3, 0.4) is 0 Å². The van der Waals surface area contributed by atoms with Gasteiger partial charge in [0.2, 0.25) is 0 Å². The summed E-state index contributed by atoms with van der Waals surface area (Å²) in [5.41, 5.74) is 0.250. The second-order valence-corrected chi connectivity index (χ2v) is 4.33. The number of rotatable bonds is 5. The van der Waals surface area contributed by atoms with Crippen LogP contribution in [0.15, 0.2) is 30.9 Å². The average Bonchev–Trinajstić information content (AvgIpc) is 2.31. The Bertz CT molecular complexity index is 488. The predicted octanol–water partition coefficient (Wildman–Crippen LogP) is 2.75. The highest BCUT2D eigenvalue weighted by atomic mass is 35.5. The molecule has 0 bridgehead atoms. The molecular weight excluding hydrogens is 277 g/mol. The van der Waals surface area contributed by atoms with E-state index in [1.54, 1.807) is 0 Å². The number of carboxylic acids is 1. The van der Waals surface area contributed by atoms with E-state index in [-0.39, 0.29) is 17.0 Å². The van der Waals surface area contributed by atoms with Crippen LogP contribution in [0.25, 0.3) is 0 Å². The van der Waals surface area contributed by atoms with Crippen LogP contribution in [-0.4, -0.2) is 23.0 Å². The highest BCUT2D eigenvalue weighted by Crippen LogP contribution is 2.22. The Kier molecular flexibility index (Phi) is 5.19. The number of halogens is 2. The summed E-state index contributed by atoms with van der Waals surface area (Å²) >= 11 is 11.5. The van der Waals surface area contributed by atoms with Crippen LogP contribution in [0.2, 0.25) is 10.0 Å². The first-order chi connectivity index (χ1) is 8.45. The Morgan fingerprint density at radius 1 is 1.39 bits per heavy atom. The zero-order valence-corrected chi connectivity index (χ0v) is 10.8. The van der Waals surface area contributed by atoms with Crippen molar-refractivity contribution in [3.05, 3.63) is 46.5 Å². The van der Waals surface area contributed by atoms with Gasteiger partial charge in [-0.15, -0.1) is 6.58 Å². The predicted molar refractivity (Wildman–Crippen MR) is 70.2 cm³/mol. The van der Waals surface area contributed by atoms with Crippen molar-refractivity contribution in [3.63, 3.8) is 0 Å². The molecule has 1 amide bonds. The van der Waals surface area contributed by atoms with E-state index in [0.29, 0.717) is 5.02 Å². The third-order valence-electron chi connectivity index (χ3n) is 2.19. The normalized spacial score (nSPS) is 11.7. The van der Waals surface area contributed by atoms with Crippen molar-refractivity contribution in [1.29, 1.82) is 0 Å². The van der Waals surface area contributed by atoms with E-state index >= 15 is 0 Å². The molecule has 0 heterocycles. The van der Waals surface area contributed by atoms with Crippen LogP contribution >= 0.6 is 23.2 Å². The van der Waals surface area contributed by atoms with E-state index in [1.807, 2.05) is 0 Å². The van der Waals surface area contributed by atoms with Crippen molar-refractivity contribution in [3.8, 4) is 0 Å². The number of carbonyl (C=O) groups is 2. The molecule has 0 radical (unpaired) electrons. The fraction of sp³-hybridized carbons (Fsp3) is 0.167. The first kappa shape index (κ1) is 14.5. The fourth-order valence-corrected chi connectivity index (χ4v) is 1.57. The number of hydrogen-bond acceptors (Lipinski definition) is 2. The average molecular weight is 288 g/mol. The molecule has 2 N–H and O–H groups in total. The number of benzene rings is 1. The monoisotopic (exact) mass is 287 g/mol. The summed E-state index contributed by atoms with van der Waals surface area (Å²) in [6, 6.07) is 3.31. The van der Waals surface area contributed by atoms with Crippen LogP contribution in [-0.2, 0) is 4.79 Å². The van der Waals surface area contributed by atoms with Gasteiger partial charge in [-0.2, -0.15) is 0 Å². The lowest BCUT2D eigenvalue weighted by atomic mass is 10.1. The number of carboxylic acid groups (broad SMARTS) is 1. The molecule has 1 rings (SSSR count). The molecule has 1 unspecified atom stereocenters. The molecule has 4 nitrogen and oxygen atoms in total. The number of aliphatic carboxylic acids is 1. The van der Waals surface area contributed by atoms with Gasteiger partial charge in [-0.3, -0.25) is 4.79 Å². The maximum atomic E-state index is 11.8. The van der Waals surface area contributed by atoms with Crippen LogP contribution in [0.4, 0.5) is 0 Å². The molecule has 6 heteroatoms. The number of nitrogens with one attached hydrogen (secondary N) is 1. The third-order valence-corrected chi connectivity index (χ3v) is 2.93. The second-order valence-electron chi connectivity index (χ2n) is 3.52. The molecule has 0 fully saturated rings. The molecule has 96 valence electrons. The molecule has 0 spiro atoms. The maximum Gasteiger partial charge on any atom is 0.326 e. The van der Waals surface area contributed by atoms with Crippen molar-refractivity contribution in [2.75, 3.05) is 0 Å². The van der Waals surface area contributed by atoms with Gasteiger partial charge in [0, 0.05) is 5.56 Å². The molecule has 0 saturated heterocycles. The van der Waals surface area contributed by atoms with Crippen molar-refractivity contribution in [1.82, 2.24) is 5.32 Å². The Labute approximate surface area is 114 Å². The van der Waals surface area contributed by atoms with Crippen LogP contribution in [0.5, 0.6) is 0 Å². The van der Waals surface area contributed by atoms with Crippen molar-refractivity contribution < 1.29 is 14.7 Å². The van der Waals surface area contributed by atoms with E-state index in [9.17, 15) is 9.59 Å². The van der Waals surface area contributed by atoms with E-state index in [2.05, 4.69) is 11.9 Å². The molecule has 18 heavy (non-hydrogen) atoms. The Morgan fingerprint density at radius 3 is 2.56 bits per heavy atom. The molecule has 1 aromatic rings. The van der Waals surface area contributed by atoms with E-state index in [0.717, 1.165) is 0 Å². The summed E-state index contributed by atoms with van der Waals surface area (Å²) in [7, 11) is 0. The number of carbonyl (C=O) groups excluding carboxylic acids is 1. The molecule has 0 saturated carbocycles. The van der Waals surface area contributed by atoms with Crippen LogP contribution in [0.1, 0.15) is 16.8 Å². The summed E-state index contributed by atoms with van der Waals surface area (Å²) in [6.45, 7) is 3.44. The highest BCUT2D eigenvalue weighted by molar-refractivity contribution is 6.42. The minimum atomic E-state index is -1.12. The zero-order valence-electron chi connectivity index (χ0n) is 9.32. The standard InChI is InChI=1S/C12H11Cl2NO3/c1-2-3-10(12(17)18)15-11(16)7-4-5-8(13)9(14)6-7/h2,4-6,10H,1,3H2,(H,15,16)(H,17,18). The van der Waals surface area contributed by atoms with Crippen molar-refractivity contribution in [2.45, 2.75) is 12.5 Å². The maximum absolute atomic E-state index is 11.8. The summed E-state index contributed by atoms with van der Waals surface area (Å²) in [5, 5.41) is 11.8. The molecule has 0 aliphatic heterocycles. The molecule has 0 aliphatic rings. The number of hydrogen-bond donors (Lipinski definition) is 2. The smallest absolute Gasteiger partial charge is 0.326 e. The van der Waals surface area contributed by atoms with E-state index < -0.39 is 17.9 Å². The Balaban J connectivity index is 2.83. The summed E-state index contributed by atoms with van der Waals surface area (Å²) < 4.78 is 0. The first-order valence-corrected chi connectivity index (χ1v) is 5.81. The van der Waals surface area contributed by atoms with Gasteiger partial charge in [0.15, 0.2) is 0 Å². The van der Waals surface area contributed by atoms with Gasteiger partial charge in [-0.1, -0.05) is 29.3 Å². The lowest BCUT2D eigenvalue weighted by Gasteiger charge is -2.12. The lowest BCUT2D eigenvalue weighted by Crippen LogP contribution is -2.40. The summed E-state index contributed by atoms with van der Waals surface area (Å²) in [6.07, 6.45) is 1.57.